The third-order valence-electron chi connectivity index (χ3n) is 1.67. The van der Waals surface area contributed by atoms with Crippen molar-refractivity contribution in [3.05, 3.63) is 5.28 Å². The van der Waals surface area contributed by atoms with Gasteiger partial charge in [0.2, 0.25) is 17.2 Å². The molecule has 0 aromatic carbocycles. The Morgan fingerprint density at radius 2 is 1.69 bits per heavy atom. The largest absolute Gasteiger partial charge is 0.352 e. The van der Waals surface area contributed by atoms with E-state index in [9.17, 15) is 0 Å². The maximum absolute atomic E-state index is 5.94. The minimum Gasteiger partial charge on any atom is -0.352 e. The van der Waals surface area contributed by atoms with E-state index in [1.165, 1.54) is 0 Å². The summed E-state index contributed by atoms with van der Waals surface area (Å²) in [6.45, 7) is 5.93. The van der Waals surface area contributed by atoms with Gasteiger partial charge in [0, 0.05) is 6.04 Å². The highest BCUT2D eigenvalue weighted by Gasteiger charge is 2.08. The molecule has 2 N–H and O–H groups in total. The Labute approximate surface area is 105 Å². The maximum atomic E-state index is 5.94. The number of hydrogen-bond acceptors (Lipinski definition) is 5. The average molecular weight is 264 g/mol. The summed E-state index contributed by atoms with van der Waals surface area (Å²) in [5.74, 6) is 0.822. The molecule has 1 aromatic rings. The zero-order valence-corrected chi connectivity index (χ0v) is 11.0. The molecule has 1 heterocycles. The van der Waals surface area contributed by atoms with E-state index >= 15 is 0 Å². The minimum absolute atomic E-state index is 0.139. The quantitative estimate of drug-likeness (QED) is 0.632. The second-order valence-electron chi connectivity index (χ2n) is 3.57. The Kier molecular flexibility index (Phi) is 5.02. The van der Waals surface area contributed by atoms with E-state index in [0.29, 0.717) is 11.9 Å². The van der Waals surface area contributed by atoms with Gasteiger partial charge in [-0.15, -0.1) is 0 Å². The summed E-state index contributed by atoms with van der Waals surface area (Å²) in [5.41, 5.74) is -0.217. The Morgan fingerprint density at radius 3 is 2.19 bits per heavy atom. The molecule has 7 heteroatoms. The Bertz CT molecular complexity index is 345. The molecule has 1 rings (SSSR count). The third-order valence-corrected chi connectivity index (χ3v) is 2.26. The molecule has 0 radical (unpaired) electrons. The molecule has 1 unspecified atom stereocenters. The van der Waals surface area contributed by atoms with Crippen LogP contribution >= 0.6 is 23.2 Å². The summed E-state index contributed by atoms with van der Waals surface area (Å²) in [4.78, 5) is 12.0. The highest BCUT2D eigenvalue weighted by atomic mass is 35.5. The number of aromatic nitrogens is 3. The summed E-state index contributed by atoms with van der Waals surface area (Å²) in [5, 5.41) is 6.11. The van der Waals surface area contributed by atoms with E-state index in [2.05, 4.69) is 25.6 Å². The summed E-state index contributed by atoms with van der Waals surface area (Å²) in [6, 6.07) is 0.226. The fourth-order valence-electron chi connectivity index (χ4n) is 0.980. The molecule has 90 valence electrons. The summed E-state index contributed by atoms with van der Waals surface area (Å²) < 4.78 is 0. The summed E-state index contributed by atoms with van der Waals surface area (Å²) in [7, 11) is 0. The lowest BCUT2D eigenvalue weighted by Gasteiger charge is -2.12. The van der Waals surface area contributed by atoms with Gasteiger partial charge in [-0.3, -0.25) is 0 Å². The van der Waals surface area contributed by atoms with Gasteiger partial charge in [-0.2, -0.15) is 15.0 Å². The molecular formula is C9H15Cl2N5. The molecule has 0 saturated carbocycles. The lowest BCUT2D eigenvalue weighted by molar-refractivity contribution is 0.852. The zero-order valence-electron chi connectivity index (χ0n) is 9.46. The molecule has 0 amide bonds. The van der Waals surface area contributed by atoms with Crippen molar-refractivity contribution in [2.75, 3.05) is 10.6 Å². The van der Waals surface area contributed by atoms with Crippen molar-refractivity contribution in [3.8, 4) is 0 Å². The van der Waals surface area contributed by atoms with Gasteiger partial charge >= 0.3 is 0 Å². The number of hydrogen-bond donors (Lipinski definition) is 2. The predicted octanol–water partition coefficient (Wildman–Crippen LogP) is 2.73. The van der Waals surface area contributed by atoms with Gasteiger partial charge in [0.1, 0.15) is 5.50 Å². The van der Waals surface area contributed by atoms with Crippen LogP contribution < -0.4 is 10.6 Å². The van der Waals surface area contributed by atoms with Crippen LogP contribution in [0.25, 0.3) is 0 Å². The minimum atomic E-state index is -0.217. The van der Waals surface area contributed by atoms with Gasteiger partial charge in [0.25, 0.3) is 0 Å². The van der Waals surface area contributed by atoms with E-state index < -0.39 is 0 Å². The Balaban J connectivity index is 2.81. The smallest absolute Gasteiger partial charge is 0.229 e. The molecule has 1 aromatic heterocycles. The molecule has 16 heavy (non-hydrogen) atoms. The van der Waals surface area contributed by atoms with Crippen molar-refractivity contribution in [3.63, 3.8) is 0 Å². The van der Waals surface area contributed by atoms with Crippen LogP contribution in [0.15, 0.2) is 0 Å². The number of anilines is 2. The van der Waals surface area contributed by atoms with Gasteiger partial charge in [-0.05, 0) is 31.9 Å². The van der Waals surface area contributed by atoms with E-state index in [4.69, 9.17) is 23.2 Å². The van der Waals surface area contributed by atoms with Gasteiger partial charge in [-0.25, -0.2) is 0 Å². The molecule has 0 aliphatic rings. The zero-order chi connectivity index (χ0) is 12.1. The molecule has 0 fully saturated rings. The summed E-state index contributed by atoms with van der Waals surface area (Å²) >= 11 is 11.7. The number of nitrogens with one attached hydrogen (secondary N) is 2. The molecular weight excluding hydrogens is 249 g/mol. The lowest BCUT2D eigenvalue weighted by atomic mass is 10.4. The van der Waals surface area contributed by atoms with Crippen molar-refractivity contribution in [2.24, 2.45) is 0 Å². The first-order chi connectivity index (χ1) is 7.51. The van der Waals surface area contributed by atoms with Gasteiger partial charge < -0.3 is 10.6 Å². The number of halogens is 2. The van der Waals surface area contributed by atoms with Crippen molar-refractivity contribution < 1.29 is 0 Å². The molecule has 5 nitrogen and oxygen atoms in total. The SMILES string of the molecule is CCC(Cl)Nc1nc(Cl)nc(NC(C)C)n1. The van der Waals surface area contributed by atoms with Crippen LogP contribution in [0.1, 0.15) is 27.2 Å². The van der Waals surface area contributed by atoms with Crippen LogP contribution in [-0.2, 0) is 0 Å². The van der Waals surface area contributed by atoms with Gasteiger partial charge in [-0.1, -0.05) is 18.5 Å². The first kappa shape index (κ1) is 13.3. The van der Waals surface area contributed by atoms with Gasteiger partial charge in [0.05, 0.1) is 0 Å². The highest BCUT2D eigenvalue weighted by Crippen LogP contribution is 2.12. The van der Waals surface area contributed by atoms with Gasteiger partial charge in [0.15, 0.2) is 0 Å². The fraction of sp³-hybridized carbons (Fsp3) is 0.667. The summed E-state index contributed by atoms with van der Waals surface area (Å²) in [6.07, 6.45) is 0.762. The monoisotopic (exact) mass is 263 g/mol. The lowest BCUT2D eigenvalue weighted by Crippen LogP contribution is -2.17. The normalized spacial score (nSPS) is 12.6. The van der Waals surface area contributed by atoms with Crippen LogP contribution in [0.4, 0.5) is 11.9 Å². The first-order valence-corrected chi connectivity index (χ1v) is 5.91. The van der Waals surface area contributed by atoms with Crippen LogP contribution in [0.3, 0.4) is 0 Å². The van der Waals surface area contributed by atoms with E-state index in [0.717, 1.165) is 6.42 Å². The molecule has 0 bridgehead atoms. The van der Waals surface area contributed by atoms with Crippen LogP contribution in [0.2, 0.25) is 5.28 Å². The van der Waals surface area contributed by atoms with Crippen molar-refractivity contribution in [2.45, 2.75) is 38.7 Å². The first-order valence-electron chi connectivity index (χ1n) is 5.10. The van der Waals surface area contributed by atoms with Crippen molar-refractivity contribution >= 4 is 35.1 Å². The predicted molar refractivity (Wildman–Crippen MR) is 67.2 cm³/mol. The molecule has 0 aliphatic heterocycles. The maximum Gasteiger partial charge on any atom is 0.229 e. The highest BCUT2D eigenvalue weighted by molar-refractivity contribution is 6.28. The average Bonchev–Trinajstić information content (AvgIpc) is 2.15. The van der Waals surface area contributed by atoms with E-state index in [1.807, 2.05) is 20.8 Å². The number of alkyl halides is 1. The molecule has 0 saturated heterocycles. The standard InChI is InChI=1S/C9H15Cl2N5/c1-4-6(10)13-9-15-7(11)14-8(16-9)12-5(2)3/h5-6H,4H2,1-3H3,(H2,12,13,14,15,16). The molecule has 1 atom stereocenters. The molecule has 0 spiro atoms. The van der Waals surface area contributed by atoms with Crippen LogP contribution in [0.5, 0.6) is 0 Å². The second-order valence-corrected chi connectivity index (χ2v) is 4.44. The third kappa shape index (κ3) is 4.37. The molecule has 0 aliphatic carbocycles. The Hall–Kier alpha value is -0.810. The second kappa shape index (κ2) is 6.06. The van der Waals surface area contributed by atoms with Crippen LogP contribution in [0, 0.1) is 0 Å². The van der Waals surface area contributed by atoms with Crippen molar-refractivity contribution in [1.82, 2.24) is 15.0 Å². The number of nitrogens with zero attached hydrogens (tertiary/aromatic N) is 3. The topological polar surface area (TPSA) is 62.7 Å². The number of rotatable bonds is 5. The van der Waals surface area contributed by atoms with Crippen LogP contribution in [-0.4, -0.2) is 26.5 Å². The van der Waals surface area contributed by atoms with E-state index in [1.54, 1.807) is 0 Å². The van der Waals surface area contributed by atoms with E-state index in [-0.39, 0.29) is 16.8 Å². The van der Waals surface area contributed by atoms with Crippen molar-refractivity contribution in [1.29, 1.82) is 0 Å². The Morgan fingerprint density at radius 1 is 1.12 bits per heavy atom. The fourth-order valence-corrected chi connectivity index (χ4v) is 1.24.